The Kier molecular flexibility index (Phi) is 4.74. The normalized spacial score (nSPS) is 22.5. The minimum atomic E-state index is -1.08. The standard InChI is InChI=1S/C16H17N3O7/c20-14-5-6-17(16(22)23)8-12-7-13(9-18(12)14)26-15(21)10-1-3-11(4-2-10)19(24)25/h1-4,12-13H,5-9H2,(H,22,23)/t12-,13+/m1/s1. The van der Waals surface area contributed by atoms with Gasteiger partial charge in [-0.05, 0) is 12.1 Å². The molecule has 2 aliphatic rings. The molecular weight excluding hydrogens is 346 g/mol. The van der Waals surface area contributed by atoms with E-state index in [2.05, 4.69) is 0 Å². The van der Waals surface area contributed by atoms with Crippen molar-refractivity contribution in [2.75, 3.05) is 19.6 Å². The predicted molar refractivity (Wildman–Crippen MR) is 86.6 cm³/mol. The SMILES string of the molecule is O=C(O[C@H]1C[C@@H]2CN(C(=O)O)CCC(=O)N2C1)c1ccc([N+](=O)[O-])cc1. The number of carbonyl (C=O) groups is 3. The second-order valence-corrected chi connectivity index (χ2v) is 6.25. The molecule has 2 amide bonds. The van der Waals surface area contributed by atoms with Gasteiger partial charge in [0.1, 0.15) is 6.10 Å². The van der Waals surface area contributed by atoms with E-state index in [1.54, 1.807) is 4.90 Å². The minimum Gasteiger partial charge on any atom is -0.465 e. The van der Waals surface area contributed by atoms with Crippen molar-refractivity contribution in [3.8, 4) is 0 Å². The molecular formula is C16H17N3O7. The van der Waals surface area contributed by atoms with Crippen LogP contribution in [0.4, 0.5) is 10.5 Å². The first-order chi connectivity index (χ1) is 12.3. The molecule has 1 aromatic carbocycles. The van der Waals surface area contributed by atoms with Crippen LogP contribution in [0.2, 0.25) is 0 Å². The monoisotopic (exact) mass is 363 g/mol. The van der Waals surface area contributed by atoms with Crippen LogP contribution in [-0.4, -0.2) is 69.6 Å². The second-order valence-electron chi connectivity index (χ2n) is 6.25. The van der Waals surface area contributed by atoms with Crippen molar-refractivity contribution < 1.29 is 29.2 Å². The molecule has 138 valence electrons. The molecule has 1 N–H and O–H groups in total. The van der Waals surface area contributed by atoms with E-state index in [0.717, 1.165) is 0 Å². The number of amides is 2. The van der Waals surface area contributed by atoms with Crippen LogP contribution >= 0.6 is 0 Å². The molecule has 2 atom stereocenters. The lowest BCUT2D eigenvalue weighted by Crippen LogP contribution is -2.40. The molecule has 10 heteroatoms. The lowest BCUT2D eigenvalue weighted by atomic mass is 10.2. The van der Waals surface area contributed by atoms with Gasteiger partial charge in [-0.25, -0.2) is 9.59 Å². The number of carbonyl (C=O) groups excluding carboxylic acids is 2. The highest BCUT2D eigenvalue weighted by Crippen LogP contribution is 2.25. The van der Waals surface area contributed by atoms with Gasteiger partial charge in [-0.15, -0.1) is 0 Å². The van der Waals surface area contributed by atoms with E-state index in [1.807, 2.05) is 0 Å². The van der Waals surface area contributed by atoms with Gasteiger partial charge < -0.3 is 19.6 Å². The molecule has 0 aliphatic carbocycles. The molecule has 1 aromatic rings. The number of hydrogen-bond donors (Lipinski definition) is 1. The van der Waals surface area contributed by atoms with Crippen molar-refractivity contribution in [1.29, 1.82) is 0 Å². The highest BCUT2D eigenvalue weighted by Gasteiger charge is 2.40. The van der Waals surface area contributed by atoms with E-state index in [9.17, 15) is 24.5 Å². The maximum absolute atomic E-state index is 12.2. The summed E-state index contributed by atoms with van der Waals surface area (Å²) in [5.74, 6) is -0.794. The van der Waals surface area contributed by atoms with Crippen molar-refractivity contribution in [3.63, 3.8) is 0 Å². The third-order valence-corrected chi connectivity index (χ3v) is 4.58. The third kappa shape index (κ3) is 3.58. The molecule has 2 heterocycles. The number of nitro groups is 1. The second kappa shape index (κ2) is 6.98. The molecule has 3 rings (SSSR count). The summed E-state index contributed by atoms with van der Waals surface area (Å²) in [6.07, 6.45) is -1.16. The van der Waals surface area contributed by atoms with Gasteiger partial charge in [0.2, 0.25) is 5.91 Å². The fourth-order valence-corrected chi connectivity index (χ4v) is 3.27. The average Bonchev–Trinajstić information content (AvgIpc) is 2.93. The molecule has 0 unspecified atom stereocenters. The smallest absolute Gasteiger partial charge is 0.407 e. The van der Waals surface area contributed by atoms with Gasteiger partial charge in [0, 0.05) is 38.1 Å². The number of ether oxygens (including phenoxy) is 1. The quantitative estimate of drug-likeness (QED) is 0.483. The van der Waals surface area contributed by atoms with Crippen LogP contribution in [0.1, 0.15) is 23.2 Å². The maximum Gasteiger partial charge on any atom is 0.407 e. The van der Waals surface area contributed by atoms with E-state index in [-0.39, 0.29) is 49.3 Å². The van der Waals surface area contributed by atoms with E-state index < -0.39 is 23.1 Å². The van der Waals surface area contributed by atoms with Crippen LogP contribution < -0.4 is 0 Å². The van der Waals surface area contributed by atoms with E-state index in [0.29, 0.717) is 6.42 Å². The molecule has 0 spiro atoms. The lowest BCUT2D eigenvalue weighted by Gasteiger charge is -2.23. The summed E-state index contributed by atoms with van der Waals surface area (Å²) in [6, 6.07) is 4.73. The van der Waals surface area contributed by atoms with Gasteiger partial charge >= 0.3 is 12.1 Å². The van der Waals surface area contributed by atoms with Gasteiger partial charge in [-0.3, -0.25) is 14.9 Å². The number of nitro benzene ring substituents is 1. The summed E-state index contributed by atoms with van der Waals surface area (Å²) in [5.41, 5.74) is 0.0475. The number of non-ortho nitro benzene ring substituents is 1. The zero-order chi connectivity index (χ0) is 18.8. The Hall–Kier alpha value is -3.17. The van der Waals surface area contributed by atoms with Crippen LogP contribution in [0.3, 0.4) is 0 Å². The summed E-state index contributed by atoms with van der Waals surface area (Å²) < 4.78 is 5.41. The van der Waals surface area contributed by atoms with Crippen molar-refractivity contribution in [2.24, 2.45) is 0 Å². The van der Waals surface area contributed by atoms with E-state index in [1.165, 1.54) is 29.2 Å². The zero-order valence-electron chi connectivity index (χ0n) is 13.7. The Balaban J connectivity index is 1.64. The van der Waals surface area contributed by atoms with Gasteiger partial charge in [0.25, 0.3) is 5.69 Å². The molecule has 26 heavy (non-hydrogen) atoms. The summed E-state index contributed by atoms with van der Waals surface area (Å²) >= 11 is 0. The fraction of sp³-hybridized carbons (Fsp3) is 0.438. The number of hydrogen-bond acceptors (Lipinski definition) is 6. The number of benzene rings is 1. The first kappa shape index (κ1) is 17.6. The van der Waals surface area contributed by atoms with E-state index in [4.69, 9.17) is 9.84 Å². The molecule has 0 radical (unpaired) electrons. The summed E-state index contributed by atoms with van der Waals surface area (Å²) in [6.45, 7) is 0.566. The first-order valence-corrected chi connectivity index (χ1v) is 8.08. The van der Waals surface area contributed by atoms with Crippen molar-refractivity contribution in [3.05, 3.63) is 39.9 Å². The topological polar surface area (TPSA) is 130 Å². The summed E-state index contributed by atoms with van der Waals surface area (Å²) in [5, 5.41) is 19.8. The Morgan fingerprint density at radius 3 is 2.54 bits per heavy atom. The number of carboxylic acid groups (broad SMARTS) is 1. The Bertz CT molecular complexity index is 749. The molecule has 2 saturated heterocycles. The molecule has 0 aromatic heterocycles. The maximum atomic E-state index is 12.2. The molecule has 2 aliphatic heterocycles. The average molecular weight is 363 g/mol. The molecule has 0 bridgehead atoms. The van der Waals surface area contributed by atoms with Gasteiger partial charge in [-0.1, -0.05) is 0 Å². The fourth-order valence-electron chi connectivity index (χ4n) is 3.27. The van der Waals surface area contributed by atoms with Crippen LogP contribution in [-0.2, 0) is 9.53 Å². The lowest BCUT2D eigenvalue weighted by molar-refractivity contribution is -0.384. The molecule has 0 saturated carbocycles. The van der Waals surface area contributed by atoms with Crippen molar-refractivity contribution >= 4 is 23.7 Å². The third-order valence-electron chi connectivity index (χ3n) is 4.58. The van der Waals surface area contributed by atoms with Gasteiger partial charge in [0.05, 0.1) is 23.1 Å². The Labute approximate surface area is 148 Å². The molecule has 2 fully saturated rings. The summed E-state index contributed by atoms with van der Waals surface area (Å²) in [7, 11) is 0. The highest BCUT2D eigenvalue weighted by atomic mass is 16.6. The van der Waals surface area contributed by atoms with Crippen LogP contribution in [0, 0.1) is 10.1 Å². The van der Waals surface area contributed by atoms with Crippen LogP contribution in [0.15, 0.2) is 24.3 Å². The van der Waals surface area contributed by atoms with Crippen LogP contribution in [0.5, 0.6) is 0 Å². The Morgan fingerprint density at radius 2 is 1.92 bits per heavy atom. The largest absolute Gasteiger partial charge is 0.465 e. The number of nitrogens with zero attached hydrogens (tertiary/aromatic N) is 3. The van der Waals surface area contributed by atoms with Gasteiger partial charge in [-0.2, -0.15) is 0 Å². The molecule has 10 nitrogen and oxygen atoms in total. The van der Waals surface area contributed by atoms with Gasteiger partial charge in [0.15, 0.2) is 0 Å². The van der Waals surface area contributed by atoms with Crippen molar-refractivity contribution in [2.45, 2.75) is 25.0 Å². The predicted octanol–water partition coefficient (Wildman–Crippen LogP) is 1.10. The number of rotatable bonds is 3. The highest BCUT2D eigenvalue weighted by molar-refractivity contribution is 5.89. The van der Waals surface area contributed by atoms with Crippen LogP contribution in [0.25, 0.3) is 0 Å². The van der Waals surface area contributed by atoms with Crippen molar-refractivity contribution in [1.82, 2.24) is 9.80 Å². The number of esters is 1. The minimum absolute atomic E-state index is 0.103. The Morgan fingerprint density at radius 1 is 1.23 bits per heavy atom. The summed E-state index contributed by atoms with van der Waals surface area (Å²) in [4.78, 5) is 48.4. The van der Waals surface area contributed by atoms with E-state index >= 15 is 0 Å². The zero-order valence-corrected chi connectivity index (χ0v) is 13.7. The first-order valence-electron chi connectivity index (χ1n) is 8.08. The number of fused-ring (bicyclic) bond motifs is 1.